The first kappa shape index (κ1) is 31.9. The number of hydrogen-bond acceptors (Lipinski definition) is 8. The van der Waals surface area contributed by atoms with E-state index >= 15 is 0 Å². The van der Waals surface area contributed by atoms with Crippen LogP contribution < -0.4 is 21.3 Å². The van der Waals surface area contributed by atoms with Crippen LogP contribution in [0.4, 0.5) is 58.5 Å². The van der Waals surface area contributed by atoms with Crippen LogP contribution >= 0.6 is 11.6 Å². The number of nitrogens with zero attached hydrogens (tertiary/aromatic N) is 6. The van der Waals surface area contributed by atoms with Crippen LogP contribution in [0.5, 0.6) is 0 Å². The predicted molar refractivity (Wildman–Crippen MR) is 140 cm³/mol. The summed E-state index contributed by atoms with van der Waals surface area (Å²) in [5, 5.41) is -0.324. The van der Waals surface area contributed by atoms with Crippen molar-refractivity contribution in [3.63, 3.8) is 0 Å². The molecule has 43 heavy (non-hydrogen) atoms. The molecule has 0 unspecified atom stereocenters. The third kappa shape index (κ3) is 7.32. The van der Waals surface area contributed by atoms with Crippen LogP contribution in [0.2, 0.25) is 5.15 Å². The Bertz CT molecular complexity index is 1470. The molecule has 3 aromatic rings. The van der Waals surface area contributed by atoms with Gasteiger partial charge >= 0.3 is 12.4 Å². The molecule has 2 fully saturated rings. The van der Waals surface area contributed by atoms with Gasteiger partial charge in [0.15, 0.2) is 23.0 Å². The first-order valence-electron chi connectivity index (χ1n) is 12.6. The first-order chi connectivity index (χ1) is 20.0. The SMILES string of the molecule is Nc1nc(Cl)cc(C(F)(F)F)n1.Nc1nc(N2CCC3(CCCC(=O)N3c3ccc(F)c(F)c3)CC2)cc(C(F)(F)F)n1. The molecule has 18 heteroatoms. The maximum atomic E-state index is 13.8. The van der Waals surface area contributed by atoms with Crippen LogP contribution in [0.25, 0.3) is 0 Å². The number of piperidine rings is 2. The summed E-state index contributed by atoms with van der Waals surface area (Å²) in [6, 6.07) is 4.83. The summed E-state index contributed by atoms with van der Waals surface area (Å²) >= 11 is 5.23. The van der Waals surface area contributed by atoms with E-state index in [9.17, 15) is 39.9 Å². The fraction of sp³-hybridized carbons (Fsp3) is 0.400. The van der Waals surface area contributed by atoms with E-state index in [1.807, 2.05) is 0 Å². The van der Waals surface area contributed by atoms with Crippen molar-refractivity contribution >= 4 is 40.9 Å². The molecule has 2 saturated heterocycles. The van der Waals surface area contributed by atoms with E-state index in [1.54, 1.807) is 4.90 Å². The molecule has 2 aliphatic heterocycles. The lowest BCUT2D eigenvalue weighted by Crippen LogP contribution is -2.60. The van der Waals surface area contributed by atoms with Gasteiger partial charge in [0.2, 0.25) is 17.8 Å². The average molecular weight is 639 g/mol. The van der Waals surface area contributed by atoms with Gasteiger partial charge in [0.05, 0.1) is 5.54 Å². The Labute approximate surface area is 243 Å². The summed E-state index contributed by atoms with van der Waals surface area (Å²) in [6.07, 6.45) is -6.72. The standard InChI is InChI=1S/C20H20F5N5O.C5H3ClF3N3/c21-13-4-3-12(10-14(13)22)30-17(31)2-1-5-19(30)6-8-29(9-7-19)16-11-15(20(23,24)25)27-18(26)28-16;6-3-1-2(5(7,8)9)11-4(10)12-3/h3-4,10-11H,1-2,5-9H2,(H2,26,27,28);1H,(H2,10,11,12). The normalized spacial score (nSPS) is 17.1. The number of hydrogen-bond donors (Lipinski definition) is 2. The van der Waals surface area contributed by atoms with Crippen LogP contribution in [0, 0.1) is 11.6 Å². The zero-order valence-corrected chi connectivity index (χ0v) is 22.7. The highest BCUT2D eigenvalue weighted by atomic mass is 35.5. The van der Waals surface area contributed by atoms with Gasteiger partial charge < -0.3 is 21.3 Å². The molecule has 2 aliphatic rings. The number of nitrogen functional groups attached to an aromatic ring is 2. The molecule has 0 atom stereocenters. The molecule has 5 rings (SSSR count). The molecule has 1 aromatic carbocycles. The fourth-order valence-electron chi connectivity index (χ4n) is 5.06. The maximum absolute atomic E-state index is 13.8. The minimum absolute atomic E-state index is 0.0659. The molecular weight excluding hydrogens is 616 g/mol. The number of carbonyl (C=O) groups excluding carboxylic acids is 1. The van der Waals surface area contributed by atoms with E-state index < -0.39 is 52.8 Å². The van der Waals surface area contributed by atoms with Crippen LogP contribution in [0.3, 0.4) is 0 Å². The highest BCUT2D eigenvalue weighted by Gasteiger charge is 2.46. The number of halogens is 9. The molecule has 0 radical (unpaired) electrons. The predicted octanol–water partition coefficient (Wildman–Crippen LogP) is 5.64. The molecule has 4 heterocycles. The van der Waals surface area contributed by atoms with Crippen molar-refractivity contribution in [2.24, 2.45) is 0 Å². The Morgan fingerprint density at radius 1 is 0.791 bits per heavy atom. The van der Waals surface area contributed by atoms with Gasteiger partial charge in [-0.15, -0.1) is 0 Å². The van der Waals surface area contributed by atoms with Gasteiger partial charge in [-0.2, -0.15) is 31.3 Å². The lowest BCUT2D eigenvalue weighted by Gasteiger charge is -2.51. The Morgan fingerprint density at radius 3 is 1.93 bits per heavy atom. The van der Waals surface area contributed by atoms with E-state index in [1.165, 1.54) is 11.0 Å². The van der Waals surface area contributed by atoms with Gasteiger partial charge in [-0.3, -0.25) is 4.79 Å². The molecule has 9 nitrogen and oxygen atoms in total. The number of nitrogens with two attached hydrogens (primary N) is 2. The van der Waals surface area contributed by atoms with Gasteiger partial charge in [-0.05, 0) is 37.8 Å². The topological polar surface area (TPSA) is 127 Å². The third-order valence-electron chi connectivity index (χ3n) is 6.96. The second kappa shape index (κ2) is 11.9. The molecular formula is C25H23ClF8N8O. The summed E-state index contributed by atoms with van der Waals surface area (Å²) in [5.74, 6) is -3.12. The van der Waals surface area contributed by atoms with E-state index in [4.69, 9.17) is 23.1 Å². The average Bonchev–Trinajstić information content (AvgIpc) is 2.89. The Kier molecular flexibility index (Phi) is 8.85. The largest absolute Gasteiger partial charge is 0.433 e. The zero-order valence-electron chi connectivity index (χ0n) is 22.0. The molecule has 0 aliphatic carbocycles. The van der Waals surface area contributed by atoms with E-state index in [-0.39, 0.29) is 22.6 Å². The van der Waals surface area contributed by atoms with Gasteiger partial charge in [0, 0.05) is 43.4 Å². The van der Waals surface area contributed by atoms with Crippen molar-refractivity contribution < 1.29 is 39.9 Å². The highest BCUT2D eigenvalue weighted by molar-refractivity contribution is 6.29. The zero-order chi connectivity index (χ0) is 31.7. The van der Waals surface area contributed by atoms with E-state index in [0.29, 0.717) is 51.3 Å². The van der Waals surface area contributed by atoms with Gasteiger partial charge in [0.1, 0.15) is 11.0 Å². The summed E-state index contributed by atoms with van der Waals surface area (Å²) in [4.78, 5) is 29.4. The Morgan fingerprint density at radius 2 is 1.37 bits per heavy atom. The Balaban J connectivity index is 0.000000296. The van der Waals surface area contributed by atoms with Crippen molar-refractivity contribution in [2.45, 2.75) is 50.0 Å². The quantitative estimate of drug-likeness (QED) is 0.273. The molecule has 1 spiro atoms. The lowest BCUT2D eigenvalue weighted by molar-refractivity contribution is -0.141. The molecule has 1 amide bonds. The van der Waals surface area contributed by atoms with Crippen molar-refractivity contribution in [3.05, 3.63) is 58.5 Å². The van der Waals surface area contributed by atoms with Crippen LogP contribution in [-0.4, -0.2) is 44.5 Å². The number of anilines is 4. The molecule has 4 N–H and O–H groups in total. The number of rotatable bonds is 2. The monoisotopic (exact) mass is 638 g/mol. The van der Waals surface area contributed by atoms with Crippen molar-refractivity contribution in [2.75, 3.05) is 34.4 Å². The van der Waals surface area contributed by atoms with E-state index in [2.05, 4.69) is 19.9 Å². The number of aromatic nitrogens is 4. The number of benzene rings is 1. The number of carbonyl (C=O) groups is 1. The summed E-state index contributed by atoms with van der Waals surface area (Å²) in [7, 11) is 0. The molecule has 232 valence electrons. The van der Waals surface area contributed by atoms with Crippen molar-refractivity contribution in [1.29, 1.82) is 0 Å². The van der Waals surface area contributed by atoms with E-state index in [0.717, 1.165) is 18.2 Å². The summed E-state index contributed by atoms with van der Waals surface area (Å²) in [5.41, 5.74) is 7.82. The van der Waals surface area contributed by atoms with Crippen molar-refractivity contribution in [3.8, 4) is 0 Å². The minimum Gasteiger partial charge on any atom is -0.368 e. The summed E-state index contributed by atoms with van der Waals surface area (Å²) in [6.45, 7) is 0.641. The summed E-state index contributed by atoms with van der Waals surface area (Å²) < 4.78 is 102. The fourth-order valence-corrected chi connectivity index (χ4v) is 5.25. The highest BCUT2D eigenvalue weighted by Crippen LogP contribution is 2.42. The van der Waals surface area contributed by atoms with Crippen LogP contribution in [-0.2, 0) is 17.1 Å². The third-order valence-corrected chi connectivity index (χ3v) is 7.15. The van der Waals surface area contributed by atoms with Crippen LogP contribution in [0.15, 0.2) is 30.3 Å². The minimum atomic E-state index is -4.65. The first-order valence-corrected chi connectivity index (χ1v) is 13.0. The van der Waals surface area contributed by atoms with Gasteiger partial charge in [-0.1, -0.05) is 11.6 Å². The number of amides is 1. The van der Waals surface area contributed by atoms with Gasteiger partial charge in [-0.25, -0.2) is 23.7 Å². The Hall–Kier alpha value is -4.02. The second-order valence-corrected chi connectivity index (χ2v) is 10.2. The molecule has 2 aromatic heterocycles. The number of alkyl halides is 6. The molecule has 0 bridgehead atoms. The molecule has 0 saturated carbocycles. The van der Waals surface area contributed by atoms with Crippen LogP contribution in [0.1, 0.15) is 43.5 Å². The maximum Gasteiger partial charge on any atom is 0.433 e. The smallest absolute Gasteiger partial charge is 0.368 e. The second-order valence-electron chi connectivity index (χ2n) is 9.79. The lowest BCUT2D eigenvalue weighted by atomic mass is 9.78. The van der Waals surface area contributed by atoms with Gasteiger partial charge in [0.25, 0.3) is 0 Å². The van der Waals surface area contributed by atoms with Crippen molar-refractivity contribution in [1.82, 2.24) is 19.9 Å².